The summed E-state index contributed by atoms with van der Waals surface area (Å²) in [5.74, 6) is 0.0751. The molecule has 2 aromatic rings. The lowest BCUT2D eigenvalue weighted by molar-refractivity contribution is -0.154. The van der Waals surface area contributed by atoms with Gasteiger partial charge in [-0.1, -0.05) is 12.8 Å². The van der Waals surface area contributed by atoms with Gasteiger partial charge in [0.05, 0.1) is 0 Å². The number of aromatic amines is 1. The van der Waals surface area contributed by atoms with Crippen LogP contribution in [0.2, 0.25) is 0 Å². The van der Waals surface area contributed by atoms with Gasteiger partial charge in [0, 0.05) is 35.8 Å². The Kier molecular flexibility index (Phi) is 2.96. The van der Waals surface area contributed by atoms with Crippen molar-refractivity contribution in [3.05, 3.63) is 30.5 Å². The van der Waals surface area contributed by atoms with Gasteiger partial charge in [0.1, 0.15) is 5.54 Å². The van der Waals surface area contributed by atoms with Gasteiger partial charge in [-0.2, -0.15) is 0 Å². The first-order chi connectivity index (χ1) is 10.7. The normalized spacial score (nSPS) is 20.2. The number of nitrogens with zero attached hydrogens (tertiary/aromatic N) is 1. The van der Waals surface area contributed by atoms with Crippen LogP contribution >= 0.6 is 0 Å². The van der Waals surface area contributed by atoms with Crippen LogP contribution in [0, 0.1) is 0 Å². The molecule has 0 atom stereocenters. The molecule has 2 fully saturated rings. The number of hydrogen-bond donors (Lipinski definition) is 2. The van der Waals surface area contributed by atoms with Crippen molar-refractivity contribution < 1.29 is 9.59 Å². The fourth-order valence-electron chi connectivity index (χ4n) is 3.73. The molecule has 1 aromatic heterocycles. The van der Waals surface area contributed by atoms with E-state index in [1.165, 1.54) is 0 Å². The van der Waals surface area contributed by atoms with E-state index in [1.54, 1.807) is 4.90 Å². The maximum absolute atomic E-state index is 12.9. The van der Waals surface area contributed by atoms with E-state index in [0.29, 0.717) is 13.0 Å². The lowest BCUT2D eigenvalue weighted by atomic mass is 9.90. The molecule has 0 unspecified atom stereocenters. The second-order valence-electron chi connectivity index (χ2n) is 6.27. The van der Waals surface area contributed by atoms with Crippen molar-refractivity contribution in [1.29, 1.82) is 0 Å². The van der Waals surface area contributed by atoms with Crippen molar-refractivity contribution in [2.75, 3.05) is 11.9 Å². The Balaban J connectivity index is 1.60. The molecule has 4 rings (SSSR count). The van der Waals surface area contributed by atoms with Gasteiger partial charge in [-0.25, -0.2) is 0 Å². The maximum Gasteiger partial charge on any atom is 0.250 e. The van der Waals surface area contributed by atoms with Crippen LogP contribution in [-0.2, 0) is 9.59 Å². The number of carbonyl (C=O) groups excluding carboxylic acids is 2. The molecular weight excluding hydrogens is 278 g/mol. The van der Waals surface area contributed by atoms with Gasteiger partial charge in [-0.05, 0) is 37.1 Å². The highest BCUT2D eigenvalue weighted by Crippen LogP contribution is 2.39. The Bertz CT molecular complexity index is 743. The van der Waals surface area contributed by atoms with Gasteiger partial charge >= 0.3 is 0 Å². The first kappa shape index (κ1) is 13.4. The number of fused-ring (bicyclic) bond motifs is 1. The molecule has 1 saturated heterocycles. The minimum Gasteiger partial charge on any atom is -0.361 e. The van der Waals surface area contributed by atoms with E-state index >= 15 is 0 Å². The van der Waals surface area contributed by atoms with Crippen molar-refractivity contribution in [3.63, 3.8) is 0 Å². The van der Waals surface area contributed by atoms with Crippen LogP contribution < -0.4 is 5.32 Å². The number of hydrogen-bond acceptors (Lipinski definition) is 2. The van der Waals surface area contributed by atoms with E-state index in [-0.39, 0.29) is 11.8 Å². The van der Waals surface area contributed by atoms with Crippen LogP contribution in [0.5, 0.6) is 0 Å². The Morgan fingerprint density at radius 3 is 2.73 bits per heavy atom. The molecule has 2 heterocycles. The molecule has 1 aliphatic carbocycles. The van der Waals surface area contributed by atoms with Crippen molar-refractivity contribution in [2.45, 2.75) is 37.6 Å². The minimum absolute atomic E-state index is 0.0343. The van der Waals surface area contributed by atoms with Gasteiger partial charge in [-0.3, -0.25) is 9.59 Å². The smallest absolute Gasteiger partial charge is 0.250 e. The summed E-state index contributed by atoms with van der Waals surface area (Å²) in [6.45, 7) is 0.711. The molecule has 2 aliphatic rings. The van der Waals surface area contributed by atoms with Crippen molar-refractivity contribution >= 4 is 28.4 Å². The maximum atomic E-state index is 12.9. The molecular formula is C17H19N3O2. The standard InChI is InChI=1S/C17H19N3O2/c21-15-6-10-20(15)17(7-1-2-8-17)16(22)19-13-3-4-14-12(11-13)5-9-18-14/h3-5,9,11,18H,1-2,6-8,10H2,(H,19,22). The highest BCUT2D eigenvalue weighted by atomic mass is 16.2. The number of H-pyrrole nitrogens is 1. The van der Waals surface area contributed by atoms with E-state index in [4.69, 9.17) is 0 Å². The molecule has 0 spiro atoms. The second kappa shape index (κ2) is 4.87. The number of rotatable bonds is 3. The van der Waals surface area contributed by atoms with Gasteiger partial charge in [0.2, 0.25) is 11.8 Å². The summed E-state index contributed by atoms with van der Waals surface area (Å²) >= 11 is 0. The summed E-state index contributed by atoms with van der Waals surface area (Å²) in [5, 5.41) is 4.10. The van der Waals surface area contributed by atoms with E-state index in [9.17, 15) is 9.59 Å². The second-order valence-corrected chi connectivity index (χ2v) is 6.27. The molecule has 5 heteroatoms. The third-order valence-corrected chi connectivity index (χ3v) is 5.03. The van der Waals surface area contributed by atoms with Crippen molar-refractivity contribution in [1.82, 2.24) is 9.88 Å². The number of benzene rings is 1. The first-order valence-corrected chi connectivity index (χ1v) is 7.88. The van der Waals surface area contributed by atoms with Crippen molar-refractivity contribution in [3.8, 4) is 0 Å². The number of β-lactam (4-membered cyclic amide) rings is 1. The number of anilines is 1. The number of carbonyl (C=O) groups is 2. The Labute approximate surface area is 128 Å². The largest absolute Gasteiger partial charge is 0.361 e. The molecule has 2 amide bonds. The minimum atomic E-state index is -0.623. The Morgan fingerprint density at radius 2 is 2.05 bits per heavy atom. The zero-order valence-electron chi connectivity index (χ0n) is 12.4. The Morgan fingerprint density at radius 1 is 1.23 bits per heavy atom. The molecule has 1 aliphatic heterocycles. The fourth-order valence-corrected chi connectivity index (χ4v) is 3.73. The third kappa shape index (κ3) is 1.92. The summed E-state index contributed by atoms with van der Waals surface area (Å²) in [6.07, 6.45) is 6.02. The fraction of sp³-hybridized carbons (Fsp3) is 0.412. The quantitative estimate of drug-likeness (QED) is 0.855. The molecule has 1 aromatic carbocycles. The zero-order chi connectivity index (χ0) is 15.2. The summed E-state index contributed by atoms with van der Waals surface area (Å²) in [4.78, 5) is 29.7. The van der Waals surface area contributed by atoms with E-state index in [2.05, 4.69) is 10.3 Å². The zero-order valence-corrected chi connectivity index (χ0v) is 12.4. The lowest BCUT2D eigenvalue weighted by Crippen LogP contribution is -2.62. The third-order valence-electron chi connectivity index (χ3n) is 5.03. The van der Waals surface area contributed by atoms with Crippen LogP contribution in [-0.4, -0.2) is 33.8 Å². The number of likely N-dealkylation sites (tertiary alicyclic amines) is 1. The molecule has 0 radical (unpaired) electrons. The average Bonchev–Trinajstić information content (AvgIpc) is 3.15. The monoisotopic (exact) mass is 297 g/mol. The van der Waals surface area contributed by atoms with Gasteiger partial charge in [-0.15, -0.1) is 0 Å². The number of nitrogens with one attached hydrogen (secondary N) is 2. The van der Waals surface area contributed by atoms with Crippen LogP contribution in [0.3, 0.4) is 0 Å². The summed E-state index contributed by atoms with van der Waals surface area (Å²) in [6, 6.07) is 7.80. The highest BCUT2D eigenvalue weighted by Gasteiger charge is 2.51. The predicted molar refractivity (Wildman–Crippen MR) is 84.5 cm³/mol. The topological polar surface area (TPSA) is 65.2 Å². The Hall–Kier alpha value is -2.30. The van der Waals surface area contributed by atoms with Gasteiger partial charge < -0.3 is 15.2 Å². The van der Waals surface area contributed by atoms with Crippen LogP contribution in [0.1, 0.15) is 32.1 Å². The van der Waals surface area contributed by atoms with E-state index in [0.717, 1.165) is 42.3 Å². The molecule has 5 nitrogen and oxygen atoms in total. The molecule has 1 saturated carbocycles. The number of aromatic nitrogens is 1. The summed E-state index contributed by atoms with van der Waals surface area (Å²) < 4.78 is 0. The SMILES string of the molecule is O=C1CCN1C1(C(=O)Nc2ccc3[nH]ccc3c2)CCCC1. The summed E-state index contributed by atoms with van der Waals surface area (Å²) in [5.41, 5.74) is 1.21. The number of amides is 2. The van der Waals surface area contributed by atoms with Crippen LogP contribution in [0.15, 0.2) is 30.5 Å². The predicted octanol–water partition coefficient (Wildman–Crippen LogP) is 2.65. The van der Waals surface area contributed by atoms with Crippen LogP contribution in [0.25, 0.3) is 10.9 Å². The molecule has 2 N–H and O–H groups in total. The van der Waals surface area contributed by atoms with Crippen LogP contribution in [0.4, 0.5) is 5.69 Å². The first-order valence-electron chi connectivity index (χ1n) is 7.88. The molecule has 114 valence electrons. The van der Waals surface area contributed by atoms with E-state index < -0.39 is 5.54 Å². The molecule has 0 bridgehead atoms. The summed E-state index contributed by atoms with van der Waals surface area (Å²) in [7, 11) is 0. The van der Waals surface area contributed by atoms with Crippen molar-refractivity contribution in [2.24, 2.45) is 0 Å². The van der Waals surface area contributed by atoms with E-state index in [1.807, 2.05) is 30.5 Å². The average molecular weight is 297 g/mol. The van der Waals surface area contributed by atoms with Gasteiger partial charge in [0.25, 0.3) is 0 Å². The lowest BCUT2D eigenvalue weighted by Gasteiger charge is -2.45. The molecule has 22 heavy (non-hydrogen) atoms. The highest BCUT2D eigenvalue weighted by molar-refractivity contribution is 6.02. The van der Waals surface area contributed by atoms with Gasteiger partial charge in [0.15, 0.2) is 0 Å².